The number of carbonyl (C=O) groups is 2. The van der Waals surface area contributed by atoms with Crippen LogP contribution < -0.4 is 5.32 Å². The monoisotopic (exact) mass is 344 g/mol. The number of amides is 1. The average molecular weight is 345 g/mol. The van der Waals surface area contributed by atoms with Crippen LogP contribution in [0.4, 0.5) is 5.69 Å². The molecule has 1 aromatic carbocycles. The molecule has 108 valence electrons. The molecule has 0 saturated heterocycles. The number of rotatable bonds is 6. The van der Waals surface area contributed by atoms with Crippen LogP contribution in [0.3, 0.4) is 0 Å². The minimum absolute atomic E-state index is 0.0292. The molecule has 0 fully saturated rings. The summed E-state index contributed by atoms with van der Waals surface area (Å²) >= 11 is 3.00. The Morgan fingerprint density at radius 2 is 2.15 bits per heavy atom. The van der Waals surface area contributed by atoms with Crippen LogP contribution in [0.5, 0.6) is 0 Å². The maximum absolute atomic E-state index is 12.0. The largest absolute Gasteiger partial charge is 0.480 e. The van der Waals surface area contributed by atoms with Crippen LogP contribution >= 0.6 is 15.9 Å². The highest BCUT2D eigenvalue weighted by atomic mass is 79.9. The van der Waals surface area contributed by atoms with Gasteiger partial charge in [0.05, 0.1) is 10.5 Å². The lowest BCUT2D eigenvalue weighted by Crippen LogP contribution is -2.40. The number of halogens is 1. The van der Waals surface area contributed by atoms with E-state index in [9.17, 15) is 19.7 Å². The molecule has 0 saturated carbocycles. The minimum atomic E-state index is -1.14. The number of benzene rings is 1. The normalized spacial score (nSPS) is 11.7. The molecule has 0 aliphatic heterocycles. The second kappa shape index (κ2) is 6.99. The van der Waals surface area contributed by atoms with Crippen molar-refractivity contribution in [1.82, 2.24) is 5.32 Å². The Hall–Kier alpha value is -1.96. The predicted molar refractivity (Wildman–Crippen MR) is 74.6 cm³/mol. The maximum atomic E-state index is 12.0. The van der Waals surface area contributed by atoms with Crippen LogP contribution in [-0.2, 0) is 4.79 Å². The van der Waals surface area contributed by atoms with Crippen molar-refractivity contribution in [2.45, 2.75) is 25.8 Å². The predicted octanol–water partition coefficient (Wildman–Crippen LogP) is 2.34. The molecule has 1 rings (SSSR count). The van der Waals surface area contributed by atoms with Crippen molar-refractivity contribution < 1.29 is 19.6 Å². The second-order valence-electron chi connectivity index (χ2n) is 4.05. The number of nitrogens with zero attached hydrogens (tertiary/aromatic N) is 1. The van der Waals surface area contributed by atoms with E-state index in [1.807, 2.05) is 0 Å². The topological polar surface area (TPSA) is 110 Å². The molecule has 7 nitrogen and oxygen atoms in total. The fourth-order valence-electron chi connectivity index (χ4n) is 1.62. The average Bonchev–Trinajstić information content (AvgIpc) is 2.37. The summed E-state index contributed by atoms with van der Waals surface area (Å²) in [5.41, 5.74) is -0.221. The van der Waals surface area contributed by atoms with Gasteiger partial charge < -0.3 is 10.4 Å². The summed E-state index contributed by atoms with van der Waals surface area (Å²) in [5, 5.41) is 22.1. The number of nitro benzene ring substituents is 1. The van der Waals surface area contributed by atoms with Gasteiger partial charge in [0.15, 0.2) is 0 Å². The van der Waals surface area contributed by atoms with Crippen LogP contribution in [-0.4, -0.2) is 27.9 Å². The Morgan fingerprint density at radius 1 is 1.50 bits per heavy atom. The van der Waals surface area contributed by atoms with Crippen LogP contribution in [0, 0.1) is 10.1 Å². The van der Waals surface area contributed by atoms with E-state index in [-0.39, 0.29) is 22.1 Å². The summed E-state index contributed by atoms with van der Waals surface area (Å²) in [4.78, 5) is 33.1. The van der Waals surface area contributed by atoms with Gasteiger partial charge in [-0.1, -0.05) is 19.4 Å². The third kappa shape index (κ3) is 3.77. The van der Waals surface area contributed by atoms with E-state index in [4.69, 9.17) is 5.11 Å². The molecule has 0 heterocycles. The first kappa shape index (κ1) is 16.1. The Balaban J connectivity index is 3.00. The van der Waals surface area contributed by atoms with Crippen LogP contribution in [0.25, 0.3) is 0 Å². The fourth-order valence-corrected chi connectivity index (χ4v) is 2.21. The van der Waals surface area contributed by atoms with Crippen molar-refractivity contribution in [3.63, 3.8) is 0 Å². The van der Waals surface area contributed by atoms with E-state index in [1.165, 1.54) is 18.2 Å². The van der Waals surface area contributed by atoms with Gasteiger partial charge in [-0.2, -0.15) is 0 Å². The van der Waals surface area contributed by atoms with E-state index < -0.39 is 22.8 Å². The summed E-state index contributed by atoms with van der Waals surface area (Å²) in [6, 6.07) is 2.99. The van der Waals surface area contributed by atoms with Gasteiger partial charge in [0.25, 0.3) is 11.6 Å². The molecule has 1 amide bonds. The number of aliphatic carboxylic acids is 1. The number of hydrogen-bond acceptors (Lipinski definition) is 4. The third-order valence-corrected chi connectivity index (χ3v) is 3.43. The lowest BCUT2D eigenvalue weighted by atomic mass is 10.1. The standard InChI is InChI=1S/C12H13BrN2O5/c1-2-4-8(12(17)18)14-11(16)7-5-3-6-9(10(7)13)15(19)20/h3,5-6,8H,2,4H2,1H3,(H,14,16)(H,17,18)/t8-/m1/s1. The zero-order valence-corrected chi connectivity index (χ0v) is 12.2. The van der Waals surface area contributed by atoms with Crippen molar-refractivity contribution in [2.24, 2.45) is 0 Å². The molecule has 0 radical (unpaired) electrons. The lowest BCUT2D eigenvalue weighted by molar-refractivity contribution is -0.385. The van der Waals surface area contributed by atoms with Crippen LogP contribution in [0.2, 0.25) is 0 Å². The smallest absolute Gasteiger partial charge is 0.326 e. The minimum Gasteiger partial charge on any atom is -0.480 e. The fraction of sp³-hybridized carbons (Fsp3) is 0.333. The number of carbonyl (C=O) groups excluding carboxylic acids is 1. The first-order valence-electron chi connectivity index (χ1n) is 5.85. The van der Waals surface area contributed by atoms with Crippen molar-refractivity contribution in [3.05, 3.63) is 38.3 Å². The number of carboxylic acid groups (broad SMARTS) is 1. The SMILES string of the molecule is CCC[C@@H](NC(=O)c1cccc([N+](=O)[O-])c1Br)C(=O)O. The number of nitrogens with one attached hydrogen (secondary N) is 1. The van der Waals surface area contributed by atoms with E-state index in [0.717, 1.165) is 0 Å². The van der Waals surface area contributed by atoms with E-state index in [2.05, 4.69) is 21.2 Å². The highest BCUT2D eigenvalue weighted by molar-refractivity contribution is 9.10. The highest BCUT2D eigenvalue weighted by Gasteiger charge is 2.23. The summed E-state index contributed by atoms with van der Waals surface area (Å²) < 4.78 is 0.0307. The molecule has 0 aliphatic rings. The summed E-state index contributed by atoms with van der Waals surface area (Å²) in [7, 11) is 0. The molecule has 1 atom stereocenters. The highest BCUT2D eigenvalue weighted by Crippen LogP contribution is 2.28. The van der Waals surface area contributed by atoms with Gasteiger partial charge in [-0.15, -0.1) is 0 Å². The Labute approximate surface area is 123 Å². The quantitative estimate of drug-likeness (QED) is 0.607. The van der Waals surface area contributed by atoms with Gasteiger partial charge in [0, 0.05) is 6.07 Å². The lowest BCUT2D eigenvalue weighted by Gasteiger charge is -2.14. The van der Waals surface area contributed by atoms with Gasteiger partial charge in [-0.3, -0.25) is 14.9 Å². The molecular weight excluding hydrogens is 332 g/mol. The van der Waals surface area contributed by atoms with Gasteiger partial charge in [0.1, 0.15) is 10.5 Å². The third-order valence-electron chi connectivity index (χ3n) is 2.60. The molecule has 20 heavy (non-hydrogen) atoms. The zero-order valence-electron chi connectivity index (χ0n) is 10.6. The molecule has 8 heteroatoms. The molecule has 1 aromatic rings. The molecule has 0 spiro atoms. The van der Waals surface area contributed by atoms with Gasteiger partial charge in [-0.25, -0.2) is 4.79 Å². The summed E-state index contributed by atoms with van der Waals surface area (Å²) in [5.74, 6) is -1.80. The maximum Gasteiger partial charge on any atom is 0.326 e. The Bertz CT molecular complexity index is 547. The molecule has 0 bridgehead atoms. The van der Waals surface area contributed by atoms with Crippen molar-refractivity contribution >= 4 is 33.5 Å². The van der Waals surface area contributed by atoms with Crippen molar-refractivity contribution in [2.75, 3.05) is 0 Å². The molecule has 0 aromatic heterocycles. The molecule has 2 N–H and O–H groups in total. The van der Waals surface area contributed by atoms with Gasteiger partial charge in [-0.05, 0) is 28.4 Å². The first-order chi connectivity index (χ1) is 9.38. The number of hydrogen-bond donors (Lipinski definition) is 2. The number of nitro groups is 1. The zero-order chi connectivity index (χ0) is 15.3. The first-order valence-corrected chi connectivity index (χ1v) is 6.64. The second-order valence-corrected chi connectivity index (χ2v) is 4.84. The Morgan fingerprint density at radius 3 is 2.65 bits per heavy atom. The van der Waals surface area contributed by atoms with Gasteiger partial charge in [0.2, 0.25) is 0 Å². The van der Waals surface area contributed by atoms with E-state index in [0.29, 0.717) is 6.42 Å². The van der Waals surface area contributed by atoms with E-state index in [1.54, 1.807) is 6.92 Å². The Kier molecular flexibility index (Phi) is 5.63. The number of carboxylic acids is 1. The van der Waals surface area contributed by atoms with Crippen LogP contribution in [0.1, 0.15) is 30.1 Å². The van der Waals surface area contributed by atoms with Crippen molar-refractivity contribution in [3.8, 4) is 0 Å². The summed E-state index contributed by atoms with van der Waals surface area (Å²) in [6.07, 6.45) is 0.876. The van der Waals surface area contributed by atoms with Crippen LogP contribution in [0.15, 0.2) is 22.7 Å². The molecule has 0 unspecified atom stereocenters. The van der Waals surface area contributed by atoms with Gasteiger partial charge >= 0.3 is 5.97 Å². The summed E-state index contributed by atoms with van der Waals surface area (Å²) in [6.45, 7) is 1.80. The van der Waals surface area contributed by atoms with E-state index >= 15 is 0 Å². The molecule has 0 aliphatic carbocycles. The van der Waals surface area contributed by atoms with Crippen molar-refractivity contribution in [1.29, 1.82) is 0 Å². The molecular formula is C12H13BrN2O5.